The fraction of sp³-hybridized carbons (Fsp3) is 0.444. The Morgan fingerprint density at radius 3 is 2.64 bits per heavy atom. The maximum absolute atomic E-state index is 13.8. The summed E-state index contributed by atoms with van der Waals surface area (Å²) in [4.78, 5) is 9.94. The number of hydrogen-bond donors (Lipinski definition) is 2. The molecule has 134 valence electrons. The molecule has 1 aliphatic carbocycles. The van der Waals surface area contributed by atoms with Crippen molar-refractivity contribution in [2.45, 2.75) is 38.6 Å². The highest BCUT2D eigenvalue weighted by atomic mass is 32.1. The Morgan fingerprint density at radius 1 is 1.32 bits per heavy atom. The van der Waals surface area contributed by atoms with Crippen molar-refractivity contribution in [2.75, 3.05) is 13.6 Å². The Hall–Kier alpha value is -2.02. The number of aliphatic imine (C=N–C) groups is 1. The van der Waals surface area contributed by atoms with Crippen LogP contribution in [0.5, 0.6) is 0 Å². The molecule has 0 aliphatic heterocycles. The van der Waals surface area contributed by atoms with Crippen LogP contribution in [0.15, 0.2) is 23.2 Å². The van der Waals surface area contributed by atoms with Crippen LogP contribution in [0, 0.1) is 25.5 Å². The van der Waals surface area contributed by atoms with Gasteiger partial charge < -0.3 is 10.6 Å². The minimum absolute atomic E-state index is 0.00181. The summed E-state index contributed by atoms with van der Waals surface area (Å²) in [7, 11) is 1.69. The number of nitrogens with one attached hydrogen (secondary N) is 2. The predicted molar refractivity (Wildman–Crippen MR) is 97.3 cm³/mol. The Bertz CT molecular complexity index is 748. The predicted octanol–water partition coefficient (Wildman–Crippen LogP) is 3.30. The third kappa shape index (κ3) is 4.15. The van der Waals surface area contributed by atoms with Gasteiger partial charge in [0, 0.05) is 42.4 Å². The highest BCUT2D eigenvalue weighted by molar-refractivity contribution is 7.11. The number of benzene rings is 1. The smallest absolute Gasteiger partial charge is 0.191 e. The fourth-order valence-corrected chi connectivity index (χ4v) is 3.78. The van der Waals surface area contributed by atoms with E-state index in [4.69, 9.17) is 0 Å². The van der Waals surface area contributed by atoms with Crippen molar-refractivity contribution < 1.29 is 8.78 Å². The summed E-state index contributed by atoms with van der Waals surface area (Å²) in [5, 5.41) is 7.57. The fourth-order valence-electron chi connectivity index (χ4n) is 2.84. The zero-order chi connectivity index (χ0) is 18.0. The van der Waals surface area contributed by atoms with E-state index in [9.17, 15) is 8.78 Å². The van der Waals surface area contributed by atoms with E-state index in [0.29, 0.717) is 18.9 Å². The third-order valence-electron chi connectivity index (χ3n) is 4.41. The number of hydrogen-bond acceptors (Lipinski definition) is 3. The SMILES string of the molecule is CN=C(NCCc1nc(C)c(C)s1)NC1CC1c1c(F)cccc1F. The molecular formula is C18H22F2N4S. The van der Waals surface area contributed by atoms with Crippen LogP contribution < -0.4 is 10.6 Å². The van der Waals surface area contributed by atoms with Gasteiger partial charge in [-0.1, -0.05) is 6.07 Å². The standard InChI is InChI=1S/C18H22F2N4S/c1-10-11(2)25-16(23-10)7-8-22-18(21-3)24-15-9-12(15)17-13(19)5-4-6-14(17)20/h4-6,12,15H,7-9H2,1-3H3,(H2,21,22,24). The van der Waals surface area contributed by atoms with Crippen LogP contribution in [-0.2, 0) is 6.42 Å². The maximum Gasteiger partial charge on any atom is 0.191 e. The molecule has 2 unspecified atom stereocenters. The Morgan fingerprint density at radius 2 is 2.04 bits per heavy atom. The van der Waals surface area contributed by atoms with Crippen LogP contribution in [0.25, 0.3) is 0 Å². The van der Waals surface area contributed by atoms with E-state index in [0.717, 1.165) is 17.1 Å². The van der Waals surface area contributed by atoms with E-state index in [1.807, 2.05) is 6.92 Å². The van der Waals surface area contributed by atoms with E-state index >= 15 is 0 Å². The van der Waals surface area contributed by atoms with E-state index in [1.165, 1.54) is 23.1 Å². The quantitative estimate of drug-likeness (QED) is 0.632. The number of nitrogens with zero attached hydrogens (tertiary/aromatic N) is 2. The van der Waals surface area contributed by atoms with E-state index in [2.05, 4.69) is 27.5 Å². The average molecular weight is 364 g/mol. The number of rotatable bonds is 5. The molecular weight excluding hydrogens is 342 g/mol. The van der Waals surface area contributed by atoms with Gasteiger partial charge in [-0.15, -0.1) is 11.3 Å². The molecule has 0 spiro atoms. The molecule has 1 saturated carbocycles. The molecule has 25 heavy (non-hydrogen) atoms. The zero-order valence-corrected chi connectivity index (χ0v) is 15.4. The minimum Gasteiger partial charge on any atom is -0.356 e. The summed E-state index contributed by atoms with van der Waals surface area (Å²) < 4.78 is 27.7. The first kappa shape index (κ1) is 17.8. The lowest BCUT2D eigenvalue weighted by molar-refractivity contribution is 0.553. The number of halogens is 2. The second-order valence-electron chi connectivity index (χ2n) is 6.23. The molecule has 2 N–H and O–H groups in total. The zero-order valence-electron chi connectivity index (χ0n) is 14.6. The number of guanidine groups is 1. The molecule has 7 heteroatoms. The first-order chi connectivity index (χ1) is 12.0. The second kappa shape index (κ2) is 7.47. The topological polar surface area (TPSA) is 49.3 Å². The lowest BCUT2D eigenvalue weighted by atomic mass is 10.1. The Kier molecular flexibility index (Phi) is 5.32. The lowest BCUT2D eigenvalue weighted by Crippen LogP contribution is -2.40. The molecule has 4 nitrogen and oxygen atoms in total. The van der Waals surface area contributed by atoms with Gasteiger partial charge in [-0.3, -0.25) is 4.99 Å². The second-order valence-corrected chi connectivity index (χ2v) is 7.51. The third-order valence-corrected chi connectivity index (χ3v) is 5.54. The number of aryl methyl sites for hydroxylation is 2. The molecule has 1 heterocycles. The van der Waals surface area contributed by atoms with Crippen LogP contribution in [0.4, 0.5) is 8.78 Å². The molecule has 2 aromatic rings. The highest BCUT2D eigenvalue weighted by Gasteiger charge is 2.42. The number of thiazole rings is 1. The Balaban J connectivity index is 1.50. The lowest BCUT2D eigenvalue weighted by Gasteiger charge is -2.11. The van der Waals surface area contributed by atoms with Crippen molar-refractivity contribution in [3.05, 3.63) is 51.0 Å². The van der Waals surface area contributed by atoms with Gasteiger partial charge in [-0.05, 0) is 32.4 Å². The van der Waals surface area contributed by atoms with Crippen LogP contribution >= 0.6 is 11.3 Å². The monoisotopic (exact) mass is 364 g/mol. The molecule has 1 aromatic heterocycles. The van der Waals surface area contributed by atoms with Crippen molar-refractivity contribution in [1.29, 1.82) is 0 Å². The van der Waals surface area contributed by atoms with Gasteiger partial charge in [0.1, 0.15) is 11.6 Å². The van der Waals surface area contributed by atoms with Gasteiger partial charge in [0.25, 0.3) is 0 Å². The molecule has 0 bridgehead atoms. The summed E-state index contributed by atoms with van der Waals surface area (Å²) in [6, 6.07) is 4.00. The summed E-state index contributed by atoms with van der Waals surface area (Å²) in [5.74, 6) is -0.461. The summed E-state index contributed by atoms with van der Waals surface area (Å²) in [5.41, 5.74) is 1.25. The van der Waals surface area contributed by atoms with Gasteiger partial charge in [0.05, 0.1) is 10.7 Å². The van der Waals surface area contributed by atoms with Crippen LogP contribution in [0.3, 0.4) is 0 Å². The van der Waals surface area contributed by atoms with Gasteiger partial charge in [0.15, 0.2) is 5.96 Å². The van der Waals surface area contributed by atoms with Crippen LogP contribution in [0.1, 0.15) is 33.5 Å². The van der Waals surface area contributed by atoms with E-state index in [1.54, 1.807) is 18.4 Å². The van der Waals surface area contributed by atoms with E-state index < -0.39 is 11.6 Å². The van der Waals surface area contributed by atoms with Gasteiger partial charge in [-0.2, -0.15) is 0 Å². The summed E-state index contributed by atoms with van der Waals surface area (Å²) in [6.45, 7) is 4.79. The maximum atomic E-state index is 13.8. The summed E-state index contributed by atoms with van der Waals surface area (Å²) >= 11 is 1.71. The van der Waals surface area contributed by atoms with Gasteiger partial charge >= 0.3 is 0 Å². The van der Waals surface area contributed by atoms with Gasteiger partial charge in [0.2, 0.25) is 0 Å². The molecule has 3 rings (SSSR count). The van der Waals surface area contributed by atoms with E-state index in [-0.39, 0.29) is 17.5 Å². The van der Waals surface area contributed by atoms with Crippen LogP contribution in [0.2, 0.25) is 0 Å². The molecule has 1 aromatic carbocycles. The van der Waals surface area contributed by atoms with Gasteiger partial charge in [-0.25, -0.2) is 13.8 Å². The first-order valence-electron chi connectivity index (χ1n) is 8.33. The first-order valence-corrected chi connectivity index (χ1v) is 9.15. The van der Waals surface area contributed by atoms with Crippen molar-refractivity contribution in [1.82, 2.24) is 15.6 Å². The summed E-state index contributed by atoms with van der Waals surface area (Å²) in [6.07, 6.45) is 1.51. The van der Waals surface area contributed by atoms with Crippen molar-refractivity contribution in [3.8, 4) is 0 Å². The number of aromatic nitrogens is 1. The Labute approximate surface area is 150 Å². The molecule has 0 radical (unpaired) electrons. The molecule has 0 saturated heterocycles. The molecule has 0 amide bonds. The average Bonchev–Trinajstić information content (AvgIpc) is 3.23. The molecule has 1 fully saturated rings. The highest BCUT2D eigenvalue weighted by Crippen LogP contribution is 2.43. The normalized spacial score (nSPS) is 19.8. The minimum atomic E-state index is -0.480. The molecule has 1 aliphatic rings. The largest absolute Gasteiger partial charge is 0.356 e. The van der Waals surface area contributed by atoms with Crippen molar-refractivity contribution in [3.63, 3.8) is 0 Å². The van der Waals surface area contributed by atoms with Crippen molar-refractivity contribution in [2.24, 2.45) is 4.99 Å². The van der Waals surface area contributed by atoms with Crippen LogP contribution in [-0.4, -0.2) is 30.6 Å². The van der Waals surface area contributed by atoms with Crippen molar-refractivity contribution >= 4 is 17.3 Å². The molecule has 2 atom stereocenters.